The molecule has 9 nitrogen and oxygen atoms in total. The third-order valence-electron chi connectivity index (χ3n) is 5.19. The Morgan fingerprint density at radius 1 is 1.17 bits per heavy atom. The molecule has 29 heavy (non-hydrogen) atoms. The highest BCUT2D eigenvalue weighted by molar-refractivity contribution is 6.08. The number of likely N-dealkylation sites (N-methyl/N-ethyl adjacent to an activating group) is 1. The number of nitrogens with zero attached hydrogens (tertiary/aromatic N) is 3. The maximum atomic E-state index is 12.9. The number of carbonyl (C=O) groups excluding carboxylic acids is 2. The van der Waals surface area contributed by atoms with Gasteiger partial charge in [-0.1, -0.05) is 6.07 Å². The Hall–Kier alpha value is -2.81. The molecule has 1 saturated heterocycles. The Kier molecular flexibility index (Phi) is 6.58. The first-order valence-electron chi connectivity index (χ1n) is 9.69. The molecule has 1 aromatic rings. The average molecular weight is 404 g/mol. The number of benzene rings is 1. The van der Waals surface area contributed by atoms with E-state index in [0.29, 0.717) is 23.0 Å². The van der Waals surface area contributed by atoms with Gasteiger partial charge in [-0.05, 0) is 31.7 Å². The molecule has 1 fully saturated rings. The molecule has 2 aliphatic rings. The maximum Gasteiger partial charge on any atom is 0.321 e. The van der Waals surface area contributed by atoms with E-state index < -0.39 is 23.8 Å². The molecule has 0 aromatic heterocycles. The first-order valence-corrected chi connectivity index (χ1v) is 9.69. The summed E-state index contributed by atoms with van der Waals surface area (Å²) in [7, 11) is 5.15. The number of ether oxygens (including phenoxy) is 3. The van der Waals surface area contributed by atoms with Crippen molar-refractivity contribution < 1.29 is 23.8 Å². The van der Waals surface area contributed by atoms with Crippen LogP contribution in [0.5, 0.6) is 11.5 Å². The standard InChI is InChI=1S/C20H28N4O5/c1-5-29-19(26)16-17(13-6-7-14(27-3)15(12-13)28-4)21-20(22-18(16)25)24-10-8-23(2)9-11-24/h6-7,12,16-17H,5,8-11H2,1-4H3,(H,21,22,25)/t16-,17-/m1/s1. The Bertz CT molecular complexity index is 789. The Morgan fingerprint density at radius 2 is 1.86 bits per heavy atom. The predicted octanol–water partition coefficient (Wildman–Crippen LogP) is 0.657. The summed E-state index contributed by atoms with van der Waals surface area (Å²) in [6, 6.07) is 4.58. The van der Waals surface area contributed by atoms with Crippen LogP contribution in [0.1, 0.15) is 18.5 Å². The zero-order valence-corrected chi connectivity index (χ0v) is 17.3. The first kappa shape index (κ1) is 20.9. The molecule has 0 saturated carbocycles. The van der Waals surface area contributed by atoms with Crippen LogP contribution in [-0.2, 0) is 14.3 Å². The quantitative estimate of drug-likeness (QED) is 0.569. The van der Waals surface area contributed by atoms with Crippen molar-refractivity contribution >= 4 is 17.8 Å². The maximum absolute atomic E-state index is 12.9. The van der Waals surface area contributed by atoms with Gasteiger partial charge in [-0.25, -0.2) is 4.99 Å². The smallest absolute Gasteiger partial charge is 0.321 e. The summed E-state index contributed by atoms with van der Waals surface area (Å²) < 4.78 is 15.8. The molecule has 2 atom stereocenters. The zero-order valence-electron chi connectivity index (χ0n) is 17.3. The van der Waals surface area contributed by atoms with E-state index in [9.17, 15) is 9.59 Å². The topological polar surface area (TPSA) is 92.7 Å². The molecule has 1 aromatic carbocycles. The summed E-state index contributed by atoms with van der Waals surface area (Å²) >= 11 is 0. The fourth-order valence-electron chi connectivity index (χ4n) is 3.52. The molecular formula is C20H28N4O5. The minimum atomic E-state index is -1.07. The molecule has 0 spiro atoms. The number of methoxy groups -OCH3 is 2. The van der Waals surface area contributed by atoms with Crippen LogP contribution < -0.4 is 14.8 Å². The molecule has 0 radical (unpaired) electrons. The molecule has 0 aliphatic carbocycles. The summed E-state index contributed by atoms with van der Waals surface area (Å²) in [4.78, 5) is 34.5. The van der Waals surface area contributed by atoms with Gasteiger partial charge in [0.05, 0.1) is 20.8 Å². The molecule has 158 valence electrons. The molecule has 0 bridgehead atoms. The number of nitrogens with one attached hydrogen (secondary N) is 1. The lowest BCUT2D eigenvalue weighted by molar-refractivity contribution is -0.153. The first-order chi connectivity index (χ1) is 14.0. The lowest BCUT2D eigenvalue weighted by Gasteiger charge is -2.37. The van der Waals surface area contributed by atoms with Gasteiger partial charge in [0, 0.05) is 26.2 Å². The number of hydrogen-bond donors (Lipinski definition) is 1. The van der Waals surface area contributed by atoms with E-state index in [2.05, 4.69) is 17.3 Å². The highest BCUT2D eigenvalue weighted by Gasteiger charge is 2.42. The van der Waals surface area contributed by atoms with E-state index in [-0.39, 0.29) is 6.61 Å². The van der Waals surface area contributed by atoms with Crippen LogP contribution in [0.25, 0.3) is 0 Å². The Balaban J connectivity index is 1.99. The Morgan fingerprint density at radius 3 is 2.48 bits per heavy atom. The van der Waals surface area contributed by atoms with Crippen molar-refractivity contribution in [1.29, 1.82) is 0 Å². The summed E-state index contributed by atoms with van der Waals surface area (Å²) in [5.74, 6) is -0.506. The van der Waals surface area contributed by atoms with Crippen molar-refractivity contribution in [3.05, 3.63) is 23.8 Å². The van der Waals surface area contributed by atoms with Crippen LogP contribution in [0.4, 0.5) is 0 Å². The normalized spacial score (nSPS) is 22.6. The minimum Gasteiger partial charge on any atom is -0.493 e. The van der Waals surface area contributed by atoms with E-state index in [4.69, 9.17) is 19.2 Å². The number of esters is 1. The second kappa shape index (κ2) is 9.13. The zero-order chi connectivity index (χ0) is 21.0. The van der Waals surface area contributed by atoms with Gasteiger partial charge in [0.1, 0.15) is 6.04 Å². The van der Waals surface area contributed by atoms with Gasteiger partial charge in [0.15, 0.2) is 17.4 Å². The summed E-state index contributed by atoms with van der Waals surface area (Å²) in [5, 5.41) is 2.80. The lowest BCUT2D eigenvalue weighted by atomic mass is 9.91. The van der Waals surface area contributed by atoms with Crippen molar-refractivity contribution in [2.75, 3.05) is 54.1 Å². The summed E-state index contributed by atoms with van der Waals surface area (Å²) in [6.45, 7) is 5.14. The fraction of sp³-hybridized carbons (Fsp3) is 0.550. The average Bonchev–Trinajstić information content (AvgIpc) is 2.73. The summed E-state index contributed by atoms with van der Waals surface area (Å²) in [5.41, 5.74) is 0.683. The van der Waals surface area contributed by atoms with Crippen molar-refractivity contribution in [2.24, 2.45) is 10.9 Å². The molecule has 2 heterocycles. The van der Waals surface area contributed by atoms with E-state index in [1.165, 1.54) is 7.11 Å². The lowest BCUT2D eigenvalue weighted by Crippen LogP contribution is -2.56. The van der Waals surface area contributed by atoms with Gasteiger partial charge in [0.2, 0.25) is 11.9 Å². The highest BCUT2D eigenvalue weighted by atomic mass is 16.5. The molecule has 1 N–H and O–H groups in total. The van der Waals surface area contributed by atoms with Gasteiger partial charge in [0.25, 0.3) is 0 Å². The Labute approximate surface area is 170 Å². The largest absolute Gasteiger partial charge is 0.493 e. The van der Waals surface area contributed by atoms with Crippen LogP contribution in [0.2, 0.25) is 0 Å². The van der Waals surface area contributed by atoms with Crippen molar-refractivity contribution in [3.63, 3.8) is 0 Å². The predicted molar refractivity (Wildman–Crippen MR) is 107 cm³/mol. The van der Waals surface area contributed by atoms with Crippen molar-refractivity contribution in [1.82, 2.24) is 15.1 Å². The van der Waals surface area contributed by atoms with Gasteiger partial charge < -0.3 is 24.0 Å². The van der Waals surface area contributed by atoms with E-state index in [1.807, 2.05) is 4.90 Å². The van der Waals surface area contributed by atoms with Crippen LogP contribution >= 0.6 is 0 Å². The van der Waals surface area contributed by atoms with Gasteiger partial charge >= 0.3 is 5.97 Å². The SMILES string of the molecule is CCOC(=O)[C@H]1C(=O)NC(N2CCN(C)CC2)=N[C@@H]1c1ccc(OC)c(OC)c1. The third kappa shape index (κ3) is 4.45. The van der Waals surface area contributed by atoms with E-state index >= 15 is 0 Å². The number of piperazine rings is 1. The van der Waals surface area contributed by atoms with Gasteiger partial charge in [-0.3, -0.25) is 14.9 Å². The van der Waals surface area contributed by atoms with E-state index in [1.54, 1.807) is 32.2 Å². The molecule has 9 heteroatoms. The minimum absolute atomic E-state index is 0.191. The number of guanidine groups is 1. The van der Waals surface area contributed by atoms with Gasteiger partial charge in [-0.2, -0.15) is 0 Å². The number of hydrogen-bond acceptors (Lipinski definition) is 8. The fourth-order valence-corrected chi connectivity index (χ4v) is 3.52. The van der Waals surface area contributed by atoms with Crippen molar-refractivity contribution in [2.45, 2.75) is 13.0 Å². The monoisotopic (exact) mass is 404 g/mol. The van der Waals surface area contributed by atoms with E-state index in [0.717, 1.165) is 26.2 Å². The van der Waals surface area contributed by atoms with Crippen LogP contribution in [0.3, 0.4) is 0 Å². The summed E-state index contributed by atoms with van der Waals surface area (Å²) in [6.07, 6.45) is 0. The third-order valence-corrected chi connectivity index (χ3v) is 5.19. The molecular weight excluding hydrogens is 376 g/mol. The second-order valence-corrected chi connectivity index (χ2v) is 7.02. The van der Waals surface area contributed by atoms with Gasteiger partial charge in [-0.15, -0.1) is 0 Å². The molecule has 1 amide bonds. The number of amides is 1. The molecule has 0 unspecified atom stereocenters. The van der Waals surface area contributed by atoms with Crippen LogP contribution in [0.15, 0.2) is 23.2 Å². The number of carbonyl (C=O) groups is 2. The number of aliphatic imine (C=N–C) groups is 1. The molecule has 2 aliphatic heterocycles. The van der Waals surface area contributed by atoms with Crippen LogP contribution in [-0.4, -0.2) is 81.7 Å². The number of rotatable bonds is 5. The highest BCUT2D eigenvalue weighted by Crippen LogP contribution is 2.36. The van der Waals surface area contributed by atoms with Crippen LogP contribution in [0, 0.1) is 5.92 Å². The van der Waals surface area contributed by atoms with Crippen molar-refractivity contribution in [3.8, 4) is 11.5 Å². The molecule has 3 rings (SSSR count). The second-order valence-electron chi connectivity index (χ2n) is 7.02.